The topological polar surface area (TPSA) is 54.0 Å². The first kappa shape index (κ1) is 16.0. The summed E-state index contributed by atoms with van der Waals surface area (Å²) in [5.41, 5.74) is 1.13. The molecule has 1 fully saturated rings. The minimum absolute atomic E-state index is 0.0946. The number of rotatable bonds is 6. The molecule has 1 amide bonds. The highest BCUT2D eigenvalue weighted by Gasteiger charge is 2.23. The second-order valence-electron chi connectivity index (χ2n) is 6.10. The van der Waals surface area contributed by atoms with E-state index in [4.69, 9.17) is 0 Å². The van der Waals surface area contributed by atoms with Crippen molar-refractivity contribution >= 4 is 5.91 Å². The van der Waals surface area contributed by atoms with Crippen LogP contribution in [0.2, 0.25) is 0 Å². The van der Waals surface area contributed by atoms with Crippen molar-refractivity contribution in [2.75, 3.05) is 13.1 Å². The standard InChI is InChI=1S/C17H27N3O/c1-3-16(14-6-9-18-10-7-14)20-17(21)11-13(2)15-5-4-8-19-12-15/h6-7,9-10,13,15-16,19H,3-5,8,11-12H2,1-2H3,(H,20,21). The monoisotopic (exact) mass is 289 g/mol. The van der Waals surface area contributed by atoms with Gasteiger partial charge in [0.15, 0.2) is 0 Å². The normalized spacial score (nSPS) is 21.5. The van der Waals surface area contributed by atoms with Crippen LogP contribution in [0.15, 0.2) is 24.5 Å². The molecule has 0 spiro atoms. The van der Waals surface area contributed by atoms with Crippen molar-refractivity contribution in [3.05, 3.63) is 30.1 Å². The molecule has 1 aliphatic rings. The van der Waals surface area contributed by atoms with Gasteiger partial charge in [0.25, 0.3) is 0 Å². The lowest BCUT2D eigenvalue weighted by molar-refractivity contribution is -0.123. The Kier molecular flexibility index (Phi) is 6.18. The molecule has 4 nitrogen and oxygen atoms in total. The first-order valence-electron chi connectivity index (χ1n) is 8.10. The zero-order chi connectivity index (χ0) is 15.1. The van der Waals surface area contributed by atoms with Gasteiger partial charge in [0.05, 0.1) is 6.04 Å². The number of pyridine rings is 1. The van der Waals surface area contributed by atoms with E-state index in [0.29, 0.717) is 18.3 Å². The van der Waals surface area contributed by atoms with Crippen LogP contribution in [0.4, 0.5) is 0 Å². The maximum absolute atomic E-state index is 12.3. The molecule has 1 aromatic heterocycles. The summed E-state index contributed by atoms with van der Waals surface area (Å²) in [6.45, 7) is 6.47. The van der Waals surface area contributed by atoms with Gasteiger partial charge in [-0.3, -0.25) is 9.78 Å². The van der Waals surface area contributed by atoms with Crippen molar-refractivity contribution in [2.45, 2.75) is 45.6 Å². The molecule has 1 aromatic rings. The summed E-state index contributed by atoms with van der Waals surface area (Å²) in [6.07, 6.45) is 7.54. The number of hydrogen-bond acceptors (Lipinski definition) is 3. The van der Waals surface area contributed by atoms with Crippen molar-refractivity contribution in [2.24, 2.45) is 11.8 Å². The average molecular weight is 289 g/mol. The van der Waals surface area contributed by atoms with Gasteiger partial charge in [0.1, 0.15) is 0 Å². The maximum Gasteiger partial charge on any atom is 0.220 e. The van der Waals surface area contributed by atoms with Gasteiger partial charge in [0.2, 0.25) is 5.91 Å². The number of nitrogens with one attached hydrogen (secondary N) is 2. The van der Waals surface area contributed by atoms with Gasteiger partial charge in [-0.15, -0.1) is 0 Å². The number of carbonyl (C=O) groups excluding carboxylic acids is 1. The summed E-state index contributed by atoms with van der Waals surface area (Å²) >= 11 is 0. The molecular weight excluding hydrogens is 262 g/mol. The van der Waals surface area contributed by atoms with Gasteiger partial charge in [-0.1, -0.05) is 13.8 Å². The maximum atomic E-state index is 12.3. The Bertz CT molecular complexity index is 429. The highest BCUT2D eigenvalue weighted by Crippen LogP contribution is 2.23. The number of amides is 1. The van der Waals surface area contributed by atoms with Crippen molar-refractivity contribution in [1.29, 1.82) is 0 Å². The molecule has 1 saturated heterocycles. The third-order valence-corrected chi connectivity index (χ3v) is 4.50. The predicted molar refractivity (Wildman–Crippen MR) is 84.8 cm³/mol. The van der Waals surface area contributed by atoms with Gasteiger partial charge in [0, 0.05) is 18.8 Å². The van der Waals surface area contributed by atoms with Crippen molar-refractivity contribution < 1.29 is 4.79 Å². The quantitative estimate of drug-likeness (QED) is 0.846. The minimum Gasteiger partial charge on any atom is -0.349 e. The Morgan fingerprint density at radius 3 is 2.86 bits per heavy atom. The Labute approximate surface area is 127 Å². The van der Waals surface area contributed by atoms with Crippen LogP contribution in [0, 0.1) is 11.8 Å². The molecule has 3 unspecified atom stereocenters. The summed E-state index contributed by atoms with van der Waals surface area (Å²) < 4.78 is 0. The fraction of sp³-hybridized carbons (Fsp3) is 0.647. The molecule has 3 atom stereocenters. The smallest absolute Gasteiger partial charge is 0.220 e. The molecule has 0 saturated carbocycles. The first-order chi connectivity index (χ1) is 10.2. The Balaban J connectivity index is 1.85. The summed E-state index contributed by atoms with van der Waals surface area (Å²) in [7, 11) is 0. The first-order valence-corrected chi connectivity index (χ1v) is 8.10. The summed E-state index contributed by atoms with van der Waals surface area (Å²) in [4.78, 5) is 16.3. The molecule has 0 aromatic carbocycles. The number of nitrogens with zero attached hydrogens (tertiary/aromatic N) is 1. The molecular formula is C17H27N3O. The zero-order valence-electron chi connectivity index (χ0n) is 13.1. The molecule has 21 heavy (non-hydrogen) atoms. The number of aromatic nitrogens is 1. The van der Waals surface area contributed by atoms with E-state index >= 15 is 0 Å². The molecule has 2 N–H and O–H groups in total. The van der Waals surface area contributed by atoms with Crippen LogP contribution in [-0.4, -0.2) is 24.0 Å². The van der Waals surface area contributed by atoms with E-state index < -0.39 is 0 Å². The van der Waals surface area contributed by atoms with Crippen molar-refractivity contribution in [3.63, 3.8) is 0 Å². The van der Waals surface area contributed by atoms with E-state index in [1.165, 1.54) is 12.8 Å². The van der Waals surface area contributed by atoms with E-state index in [9.17, 15) is 4.79 Å². The molecule has 0 bridgehead atoms. The summed E-state index contributed by atoms with van der Waals surface area (Å²) in [6, 6.07) is 4.04. The Morgan fingerprint density at radius 2 is 2.24 bits per heavy atom. The lowest BCUT2D eigenvalue weighted by Gasteiger charge is -2.28. The van der Waals surface area contributed by atoms with E-state index in [1.807, 2.05) is 12.1 Å². The second-order valence-corrected chi connectivity index (χ2v) is 6.10. The minimum atomic E-state index is 0.0946. The van der Waals surface area contributed by atoms with E-state index in [0.717, 1.165) is 25.1 Å². The highest BCUT2D eigenvalue weighted by molar-refractivity contribution is 5.76. The lowest BCUT2D eigenvalue weighted by atomic mass is 9.85. The van der Waals surface area contributed by atoms with Gasteiger partial charge >= 0.3 is 0 Å². The van der Waals surface area contributed by atoms with Crippen LogP contribution in [-0.2, 0) is 4.79 Å². The Hall–Kier alpha value is -1.42. The van der Waals surface area contributed by atoms with Crippen molar-refractivity contribution in [1.82, 2.24) is 15.6 Å². The molecule has 0 aliphatic carbocycles. The second kappa shape index (κ2) is 8.13. The number of piperidine rings is 1. The van der Waals surface area contributed by atoms with Crippen LogP contribution in [0.5, 0.6) is 0 Å². The van der Waals surface area contributed by atoms with Gasteiger partial charge in [-0.2, -0.15) is 0 Å². The predicted octanol–water partition coefficient (Wildman–Crippen LogP) is 2.67. The fourth-order valence-corrected chi connectivity index (χ4v) is 3.09. The molecule has 116 valence electrons. The van der Waals surface area contributed by atoms with E-state index in [-0.39, 0.29) is 11.9 Å². The van der Waals surface area contributed by atoms with Crippen molar-refractivity contribution in [3.8, 4) is 0 Å². The third kappa shape index (κ3) is 4.81. The molecule has 2 heterocycles. The van der Waals surface area contributed by atoms with Crippen LogP contribution < -0.4 is 10.6 Å². The van der Waals surface area contributed by atoms with E-state index in [2.05, 4.69) is 29.5 Å². The van der Waals surface area contributed by atoms with E-state index in [1.54, 1.807) is 12.4 Å². The van der Waals surface area contributed by atoms with Gasteiger partial charge in [-0.05, 0) is 61.9 Å². The van der Waals surface area contributed by atoms with Gasteiger partial charge in [-0.25, -0.2) is 0 Å². The van der Waals surface area contributed by atoms with Crippen LogP contribution in [0.3, 0.4) is 0 Å². The van der Waals surface area contributed by atoms with Crippen LogP contribution in [0.25, 0.3) is 0 Å². The SMILES string of the molecule is CCC(NC(=O)CC(C)C1CCCNC1)c1ccncc1. The third-order valence-electron chi connectivity index (χ3n) is 4.50. The molecule has 1 aliphatic heterocycles. The van der Waals surface area contributed by atoms with Crippen LogP contribution in [0.1, 0.15) is 51.1 Å². The lowest BCUT2D eigenvalue weighted by Crippen LogP contribution is -2.36. The zero-order valence-corrected chi connectivity index (χ0v) is 13.1. The average Bonchev–Trinajstić information content (AvgIpc) is 2.54. The highest BCUT2D eigenvalue weighted by atomic mass is 16.1. The fourth-order valence-electron chi connectivity index (χ4n) is 3.09. The molecule has 4 heteroatoms. The van der Waals surface area contributed by atoms with Gasteiger partial charge < -0.3 is 10.6 Å². The number of hydrogen-bond donors (Lipinski definition) is 2. The Morgan fingerprint density at radius 1 is 1.48 bits per heavy atom. The molecule has 0 radical (unpaired) electrons. The van der Waals surface area contributed by atoms with Crippen LogP contribution >= 0.6 is 0 Å². The summed E-state index contributed by atoms with van der Waals surface area (Å²) in [5.74, 6) is 1.23. The number of carbonyl (C=O) groups is 1. The largest absolute Gasteiger partial charge is 0.349 e. The molecule has 2 rings (SSSR count). The summed E-state index contributed by atoms with van der Waals surface area (Å²) in [5, 5.41) is 6.59.